The molecule has 0 saturated heterocycles. The number of nitrogens with zero attached hydrogens (tertiary/aromatic N) is 2. The highest BCUT2D eigenvalue weighted by molar-refractivity contribution is 9.10. The highest BCUT2D eigenvalue weighted by atomic mass is 79.9. The van der Waals surface area contributed by atoms with Crippen LogP contribution in [0.1, 0.15) is 5.82 Å². The van der Waals surface area contributed by atoms with Crippen molar-refractivity contribution in [2.75, 3.05) is 11.9 Å². The van der Waals surface area contributed by atoms with Crippen molar-refractivity contribution in [3.63, 3.8) is 0 Å². The minimum Gasteiger partial charge on any atom is -0.364 e. The smallest absolute Gasteiger partial charge is 0.324 e. The SMILES string of the molecule is Cc1nc(Br)cc(NCC(F)(F)C(F)F)n1. The van der Waals surface area contributed by atoms with Gasteiger partial charge in [-0.2, -0.15) is 8.78 Å². The third-order valence-electron chi connectivity index (χ3n) is 1.63. The van der Waals surface area contributed by atoms with Gasteiger partial charge in [-0.05, 0) is 22.9 Å². The molecule has 0 aliphatic rings. The number of hydrogen-bond donors (Lipinski definition) is 1. The Labute approximate surface area is 97.4 Å². The van der Waals surface area contributed by atoms with Crippen molar-refractivity contribution in [1.82, 2.24) is 9.97 Å². The van der Waals surface area contributed by atoms with E-state index in [1.165, 1.54) is 6.07 Å². The van der Waals surface area contributed by atoms with Crippen molar-refractivity contribution in [3.8, 4) is 0 Å². The molecule has 0 spiro atoms. The van der Waals surface area contributed by atoms with Crippen LogP contribution < -0.4 is 5.32 Å². The standard InChI is InChI=1S/C8H8BrF4N3/c1-4-15-5(9)2-6(16-4)14-3-8(12,13)7(10)11/h2,7H,3H2,1H3,(H,14,15,16). The molecule has 0 radical (unpaired) electrons. The molecule has 1 aromatic rings. The topological polar surface area (TPSA) is 37.8 Å². The van der Waals surface area contributed by atoms with Crippen molar-refractivity contribution in [1.29, 1.82) is 0 Å². The molecule has 0 bridgehead atoms. The molecule has 0 saturated carbocycles. The van der Waals surface area contributed by atoms with Crippen LogP contribution in [0, 0.1) is 6.92 Å². The lowest BCUT2D eigenvalue weighted by molar-refractivity contribution is -0.117. The first-order valence-electron chi connectivity index (χ1n) is 4.22. The lowest BCUT2D eigenvalue weighted by Gasteiger charge is -2.16. The molecule has 0 atom stereocenters. The van der Waals surface area contributed by atoms with E-state index in [1.807, 2.05) is 0 Å². The van der Waals surface area contributed by atoms with Crippen molar-refractivity contribution in [3.05, 3.63) is 16.5 Å². The normalized spacial score (nSPS) is 11.9. The van der Waals surface area contributed by atoms with Gasteiger partial charge in [0.05, 0.1) is 6.54 Å². The third-order valence-corrected chi connectivity index (χ3v) is 2.04. The summed E-state index contributed by atoms with van der Waals surface area (Å²) >= 11 is 3.04. The van der Waals surface area contributed by atoms with Crippen LogP contribution in [-0.4, -0.2) is 28.9 Å². The van der Waals surface area contributed by atoms with E-state index in [1.54, 1.807) is 6.92 Å². The van der Waals surface area contributed by atoms with Crippen molar-refractivity contribution in [2.45, 2.75) is 19.3 Å². The molecule has 1 heterocycles. The van der Waals surface area contributed by atoms with Gasteiger partial charge in [0.2, 0.25) is 0 Å². The summed E-state index contributed by atoms with van der Waals surface area (Å²) in [5, 5.41) is 2.14. The van der Waals surface area contributed by atoms with E-state index in [9.17, 15) is 17.6 Å². The van der Waals surface area contributed by atoms with E-state index in [-0.39, 0.29) is 5.82 Å². The number of halogens is 5. The molecule has 0 amide bonds. The number of hydrogen-bond acceptors (Lipinski definition) is 3. The van der Waals surface area contributed by atoms with E-state index in [0.29, 0.717) is 10.4 Å². The van der Waals surface area contributed by atoms with Crippen LogP contribution in [-0.2, 0) is 0 Å². The zero-order valence-electron chi connectivity index (χ0n) is 8.15. The van der Waals surface area contributed by atoms with Crippen molar-refractivity contribution < 1.29 is 17.6 Å². The number of rotatable bonds is 4. The Morgan fingerprint density at radius 3 is 2.56 bits per heavy atom. The maximum Gasteiger partial charge on any atom is 0.324 e. The van der Waals surface area contributed by atoms with E-state index in [0.717, 1.165) is 0 Å². The zero-order chi connectivity index (χ0) is 12.3. The molecule has 0 unspecified atom stereocenters. The van der Waals surface area contributed by atoms with Crippen molar-refractivity contribution >= 4 is 21.7 Å². The Hall–Kier alpha value is -0.920. The summed E-state index contributed by atoms with van der Waals surface area (Å²) in [4.78, 5) is 7.61. The van der Waals surface area contributed by atoms with Crippen LogP contribution in [0.4, 0.5) is 23.4 Å². The molecular formula is C8H8BrF4N3. The van der Waals surface area contributed by atoms with Gasteiger partial charge in [0.15, 0.2) is 0 Å². The molecule has 3 nitrogen and oxygen atoms in total. The lowest BCUT2D eigenvalue weighted by atomic mass is 10.3. The summed E-state index contributed by atoms with van der Waals surface area (Å²) in [5.41, 5.74) is 0. The average Bonchev–Trinajstić information content (AvgIpc) is 2.13. The molecule has 0 aromatic carbocycles. The van der Waals surface area contributed by atoms with Gasteiger partial charge in [-0.1, -0.05) is 0 Å². The summed E-state index contributed by atoms with van der Waals surface area (Å²) in [7, 11) is 0. The Morgan fingerprint density at radius 1 is 1.44 bits per heavy atom. The zero-order valence-corrected chi connectivity index (χ0v) is 9.73. The first-order chi connectivity index (χ1) is 7.31. The Kier molecular flexibility index (Phi) is 4.06. The number of anilines is 1. The monoisotopic (exact) mass is 301 g/mol. The highest BCUT2D eigenvalue weighted by Gasteiger charge is 2.40. The second kappa shape index (κ2) is 4.94. The quantitative estimate of drug-likeness (QED) is 0.686. The van der Waals surface area contributed by atoms with Crippen LogP contribution in [0.25, 0.3) is 0 Å². The summed E-state index contributed by atoms with van der Waals surface area (Å²) in [6.45, 7) is 0.384. The fourth-order valence-electron chi connectivity index (χ4n) is 0.907. The molecule has 0 fully saturated rings. The number of alkyl halides is 4. The van der Waals surface area contributed by atoms with Gasteiger partial charge in [-0.15, -0.1) is 0 Å². The largest absolute Gasteiger partial charge is 0.364 e. The fourth-order valence-corrected chi connectivity index (χ4v) is 1.38. The van der Waals surface area contributed by atoms with Crippen LogP contribution >= 0.6 is 15.9 Å². The van der Waals surface area contributed by atoms with Crippen LogP contribution in [0.5, 0.6) is 0 Å². The molecule has 8 heteroatoms. The van der Waals surface area contributed by atoms with Crippen LogP contribution in [0.3, 0.4) is 0 Å². The molecule has 0 aliphatic carbocycles. The molecular weight excluding hydrogens is 294 g/mol. The molecule has 1 aromatic heterocycles. The lowest BCUT2D eigenvalue weighted by Crippen LogP contribution is -2.35. The van der Waals surface area contributed by atoms with Gasteiger partial charge in [0.1, 0.15) is 16.2 Å². The van der Waals surface area contributed by atoms with Gasteiger partial charge >= 0.3 is 12.3 Å². The van der Waals surface area contributed by atoms with Gasteiger partial charge < -0.3 is 5.32 Å². The molecule has 0 aliphatic heterocycles. The number of aromatic nitrogens is 2. The summed E-state index contributed by atoms with van der Waals surface area (Å²) < 4.78 is 49.2. The highest BCUT2D eigenvalue weighted by Crippen LogP contribution is 2.23. The summed E-state index contributed by atoms with van der Waals surface area (Å²) in [6, 6.07) is 1.33. The average molecular weight is 302 g/mol. The maximum absolute atomic E-state index is 12.6. The van der Waals surface area contributed by atoms with Gasteiger partial charge in [0, 0.05) is 6.07 Å². The van der Waals surface area contributed by atoms with Gasteiger partial charge in [0.25, 0.3) is 0 Å². The van der Waals surface area contributed by atoms with Gasteiger partial charge in [-0.3, -0.25) is 0 Å². The summed E-state index contributed by atoms with van der Waals surface area (Å²) in [5.74, 6) is -3.66. The third kappa shape index (κ3) is 3.58. The minimum absolute atomic E-state index is 0.0692. The van der Waals surface area contributed by atoms with Crippen molar-refractivity contribution in [2.24, 2.45) is 0 Å². The van der Waals surface area contributed by atoms with E-state index in [4.69, 9.17) is 0 Å². The molecule has 1 N–H and O–H groups in total. The van der Waals surface area contributed by atoms with E-state index < -0.39 is 18.9 Å². The number of aryl methyl sites for hydroxylation is 1. The summed E-state index contributed by atoms with van der Waals surface area (Å²) in [6.07, 6.45) is -3.70. The molecule has 1 rings (SSSR count). The van der Waals surface area contributed by atoms with Gasteiger partial charge in [-0.25, -0.2) is 18.7 Å². The Morgan fingerprint density at radius 2 is 2.06 bits per heavy atom. The Bertz CT molecular complexity index is 352. The second-order valence-electron chi connectivity index (χ2n) is 3.04. The first-order valence-corrected chi connectivity index (χ1v) is 5.01. The first kappa shape index (κ1) is 13.1. The van der Waals surface area contributed by atoms with E-state index >= 15 is 0 Å². The second-order valence-corrected chi connectivity index (χ2v) is 3.85. The number of nitrogens with one attached hydrogen (secondary N) is 1. The van der Waals surface area contributed by atoms with E-state index in [2.05, 4.69) is 31.2 Å². The minimum atomic E-state index is -4.08. The molecule has 16 heavy (non-hydrogen) atoms. The maximum atomic E-state index is 12.6. The predicted molar refractivity (Wildman–Crippen MR) is 53.9 cm³/mol. The van der Waals surface area contributed by atoms with Crippen LogP contribution in [0.2, 0.25) is 0 Å². The van der Waals surface area contributed by atoms with Crippen LogP contribution in [0.15, 0.2) is 10.7 Å². The molecule has 90 valence electrons. The Balaban J connectivity index is 2.68. The fraction of sp³-hybridized carbons (Fsp3) is 0.500. The predicted octanol–water partition coefficient (Wildman–Crippen LogP) is 2.86.